The molecule has 6 heteroatoms. The Kier molecular flexibility index (Phi) is 5.53. The van der Waals surface area contributed by atoms with E-state index in [0.29, 0.717) is 11.7 Å². The minimum Gasteiger partial charge on any atom is -0.487 e. The van der Waals surface area contributed by atoms with Gasteiger partial charge in [0.1, 0.15) is 0 Å². The van der Waals surface area contributed by atoms with Crippen LogP contribution >= 0.6 is 0 Å². The van der Waals surface area contributed by atoms with Crippen LogP contribution in [0.1, 0.15) is 51.9 Å². The lowest BCUT2D eigenvalue weighted by molar-refractivity contribution is 0.0767. The summed E-state index contributed by atoms with van der Waals surface area (Å²) in [4.78, 5) is 17.3. The molecule has 3 aliphatic rings. The van der Waals surface area contributed by atoms with Gasteiger partial charge in [0.2, 0.25) is 0 Å². The van der Waals surface area contributed by atoms with Crippen LogP contribution in [0.25, 0.3) is 0 Å². The summed E-state index contributed by atoms with van der Waals surface area (Å²) in [6.07, 6.45) is 7.69. The highest BCUT2D eigenvalue weighted by Crippen LogP contribution is 2.29. The fourth-order valence-corrected chi connectivity index (χ4v) is 4.74. The van der Waals surface area contributed by atoms with Gasteiger partial charge in [0.25, 0.3) is 0 Å². The normalized spacial score (nSPS) is 26.2. The largest absolute Gasteiger partial charge is 0.487 e. The summed E-state index contributed by atoms with van der Waals surface area (Å²) in [5.41, 5.74) is 0.486. The molecule has 0 unspecified atom stereocenters. The molecule has 5 nitrogen and oxygen atoms in total. The van der Waals surface area contributed by atoms with E-state index in [1.54, 1.807) is 12.1 Å². The van der Waals surface area contributed by atoms with Gasteiger partial charge in [-0.05, 0) is 63.6 Å². The number of nitrogens with one attached hydrogen (secondary N) is 1. The van der Waals surface area contributed by atoms with Crippen molar-refractivity contribution in [3.05, 3.63) is 24.0 Å². The number of anilines is 1. The smallest absolute Gasteiger partial charge is 0.322 e. The number of urea groups is 1. The molecule has 2 aliphatic heterocycles. The zero-order valence-electron chi connectivity index (χ0n) is 16.1. The van der Waals surface area contributed by atoms with Gasteiger partial charge in [-0.2, -0.15) is 0 Å². The lowest BCUT2D eigenvalue weighted by Gasteiger charge is -2.43. The van der Waals surface area contributed by atoms with Gasteiger partial charge in [-0.15, -0.1) is 0 Å². The van der Waals surface area contributed by atoms with Crippen LogP contribution in [0.5, 0.6) is 5.75 Å². The Balaban J connectivity index is 1.40. The van der Waals surface area contributed by atoms with Crippen LogP contribution in [0.3, 0.4) is 0 Å². The SMILES string of the molecule is CC[C@@H]1CN2CCC[C@@H]2CN1C(=O)Nc1ccc(OC2CCCC2)c(F)c1. The molecule has 0 spiro atoms. The molecule has 1 N–H and O–H groups in total. The van der Waals surface area contributed by atoms with Crippen molar-refractivity contribution in [2.75, 3.05) is 25.0 Å². The van der Waals surface area contributed by atoms with Crippen LogP contribution in [-0.2, 0) is 0 Å². The van der Waals surface area contributed by atoms with E-state index in [2.05, 4.69) is 17.1 Å². The fourth-order valence-electron chi connectivity index (χ4n) is 4.74. The summed E-state index contributed by atoms with van der Waals surface area (Å²) in [5, 5.41) is 2.89. The van der Waals surface area contributed by atoms with Crippen LogP contribution in [-0.4, -0.2) is 53.7 Å². The van der Waals surface area contributed by atoms with Crippen LogP contribution < -0.4 is 10.1 Å². The van der Waals surface area contributed by atoms with Crippen molar-refractivity contribution in [2.45, 2.75) is 70.1 Å². The van der Waals surface area contributed by atoms with Crippen LogP contribution in [0, 0.1) is 5.82 Å². The number of hydrogen-bond donors (Lipinski definition) is 1. The molecule has 4 rings (SSSR count). The number of ether oxygens (including phenoxy) is 1. The monoisotopic (exact) mass is 375 g/mol. The van der Waals surface area contributed by atoms with Crippen molar-refractivity contribution < 1.29 is 13.9 Å². The highest BCUT2D eigenvalue weighted by molar-refractivity contribution is 5.89. The van der Waals surface area contributed by atoms with Gasteiger partial charge in [-0.3, -0.25) is 4.90 Å². The lowest BCUT2D eigenvalue weighted by Crippen LogP contribution is -2.58. The first-order chi connectivity index (χ1) is 13.1. The Hall–Kier alpha value is -1.82. The summed E-state index contributed by atoms with van der Waals surface area (Å²) >= 11 is 0. The second kappa shape index (κ2) is 8.05. The molecule has 2 atom stereocenters. The first-order valence-electron chi connectivity index (χ1n) is 10.4. The number of piperazine rings is 1. The number of benzene rings is 1. The van der Waals surface area contributed by atoms with Crippen molar-refractivity contribution in [2.24, 2.45) is 0 Å². The molecule has 2 heterocycles. The minimum atomic E-state index is -0.410. The molecule has 1 aromatic rings. The van der Waals surface area contributed by atoms with E-state index in [4.69, 9.17) is 4.74 Å². The molecule has 0 bridgehead atoms. The maximum Gasteiger partial charge on any atom is 0.322 e. The van der Waals surface area contributed by atoms with Crippen molar-refractivity contribution >= 4 is 11.7 Å². The molecule has 1 aromatic carbocycles. The summed E-state index contributed by atoms with van der Waals surface area (Å²) < 4.78 is 20.2. The number of fused-ring (bicyclic) bond motifs is 1. The third-order valence-corrected chi connectivity index (χ3v) is 6.30. The van der Waals surface area contributed by atoms with Gasteiger partial charge in [-0.1, -0.05) is 6.92 Å². The van der Waals surface area contributed by atoms with Crippen LogP contribution in [0.2, 0.25) is 0 Å². The minimum absolute atomic E-state index is 0.118. The quantitative estimate of drug-likeness (QED) is 0.856. The molecule has 27 heavy (non-hydrogen) atoms. The molecule has 1 aliphatic carbocycles. The van der Waals surface area contributed by atoms with Gasteiger partial charge in [-0.25, -0.2) is 9.18 Å². The topological polar surface area (TPSA) is 44.8 Å². The average molecular weight is 375 g/mol. The third kappa shape index (κ3) is 4.05. The Labute approximate surface area is 160 Å². The van der Waals surface area contributed by atoms with E-state index < -0.39 is 5.82 Å². The summed E-state index contributed by atoms with van der Waals surface area (Å²) in [6.45, 7) is 4.97. The number of halogens is 1. The molecule has 0 aromatic heterocycles. The van der Waals surface area contributed by atoms with Crippen molar-refractivity contribution in [1.82, 2.24) is 9.80 Å². The molecule has 2 amide bonds. The molecular weight excluding hydrogens is 345 g/mol. The standard InChI is InChI=1S/C21H30FN3O2/c1-2-16-13-24-11-5-6-17(24)14-25(16)21(26)23-15-9-10-20(19(22)12-15)27-18-7-3-4-8-18/h9-10,12,16-18H,2-8,11,13-14H2,1H3,(H,23,26)/t16-,17-/m1/s1. The zero-order valence-corrected chi connectivity index (χ0v) is 16.1. The zero-order chi connectivity index (χ0) is 18.8. The summed E-state index contributed by atoms with van der Waals surface area (Å²) in [6, 6.07) is 5.30. The van der Waals surface area contributed by atoms with Gasteiger partial charge in [0.05, 0.1) is 6.10 Å². The van der Waals surface area contributed by atoms with Gasteiger partial charge in [0, 0.05) is 36.9 Å². The number of hydrogen-bond acceptors (Lipinski definition) is 3. The number of nitrogens with zero attached hydrogens (tertiary/aromatic N) is 2. The molecule has 2 saturated heterocycles. The third-order valence-electron chi connectivity index (χ3n) is 6.30. The number of carbonyl (C=O) groups excluding carboxylic acids is 1. The Morgan fingerprint density at radius 3 is 2.78 bits per heavy atom. The van der Waals surface area contributed by atoms with Crippen LogP contribution in [0.4, 0.5) is 14.9 Å². The molecule has 0 radical (unpaired) electrons. The predicted octanol–water partition coefficient (Wildman–Crippen LogP) is 4.24. The average Bonchev–Trinajstić information content (AvgIpc) is 3.34. The predicted molar refractivity (Wildman–Crippen MR) is 104 cm³/mol. The van der Waals surface area contributed by atoms with E-state index in [1.165, 1.54) is 12.5 Å². The first kappa shape index (κ1) is 18.5. The van der Waals surface area contributed by atoms with E-state index >= 15 is 0 Å². The number of carbonyl (C=O) groups is 1. The number of amides is 2. The van der Waals surface area contributed by atoms with Gasteiger partial charge < -0.3 is 15.0 Å². The highest BCUT2D eigenvalue weighted by atomic mass is 19.1. The van der Waals surface area contributed by atoms with Crippen LogP contribution in [0.15, 0.2) is 18.2 Å². The summed E-state index contributed by atoms with van der Waals surface area (Å²) in [5.74, 6) is -0.127. The van der Waals surface area contributed by atoms with Crippen molar-refractivity contribution in [3.63, 3.8) is 0 Å². The van der Waals surface area contributed by atoms with Crippen molar-refractivity contribution in [1.29, 1.82) is 0 Å². The molecule has 3 fully saturated rings. The van der Waals surface area contributed by atoms with E-state index in [-0.39, 0.29) is 23.9 Å². The first-order valence-corrected chi connectivity index (χ1v) is 10.4. The Bertz CT molecular complexity index is 677. The van der Waals surface area contributed by atoms with E-state index in [0.717, 1.165) is 58.2 Å². The lowest BCUT2D eigenvalue weighted by atomic mass is 10.1. The Morgan fingerprint density at radius 1 is 1.22 bits per heavy atom. The second-order valence-corrected chi connectivity index (χ2v) is 8.11. The maximum absolute atomic E-state index is 14.4. The molecular formula is C21H30FN3O2. The maximum atomic E-state index is 14.4. The van der Waals surface area contributed by atoms with Crippen molar-refractivity contribution in [3.8, 4) is 5.75 Å². The van der Waals surface area contributed by atoms with E-state index in [9.17, 15) is 9.18 Å². The molecule has 1 saturated carbocycles. The van der Waals surface area contributed by atoms with Gasteiger partial charge >= 0.3 is 6.03 Å². The van der Waals surface area contributed by atoms with E-state index in [1.807, 2.05) is 4.90 Å². The highest BCUT2D eigenvalue weighted by Gasteiger charge is 2.37. The fraction of sp³-hybridized carbons (Fsp3) is 0.667. The van der Waals surface area contributed by atoms with Gasteiger partial charge in [0.15, 0.2) is 11.6 Å². The second-order valence-electron chi connectivity index (χ2n) is 8.11. The number of rotatable bonds is 4. The Morgan fingerprint density at radius 2 is 2.04 bits per heavy atom. The molecule has 148 valence electrons. The summed E-state index contributed by atoms with van der Waals surface area (Å²) in [7, 11) is 0.